The molecule has 3 N–H and O–H groups in total. The molecule has 37 heavy (non-hydrogen) atoms. The minimum atomic E-state index is -1.04. The fourth-order valence-corrected chi connectivity index (χ4v) is 5.36. The lowest BCUT2D eigenvalue weighted by Gasteiger charge is -2.26. The van der Waals surface area contributed by atoms with Crippen LogP contribution < -0.4 is 10.2 Å². The van der Waals surface area contributed by atoms with Crippen LogP contribution in [0.5, 0.6) is 0 Å². The number of imidazole rings is 1. The highest BCUT2D eigenvalue weighted by Gasteiger charge is 2.26. The van der Waals surface area contributed by atoms with Crippen molar-refractivity contribution in [3.8, 4) is 10.4 Å². The lowest BCUT2D eigenvalue weighted by molar-refractivity contribution is -0.124. The summed E-state index contributed by atoms with van der Waals surface area (Å²) < 4.78 is 7.18. The van der Waals surface area contributed by atoms with Crippen molar-refractivity contribution in [1.29, 1.82) is 0 Å². The number of carbonyl (C=O) groups excluding carboxylic acids is 2. The van der Waals surface area contributed by atoms with Gasteiger partial charge in [-0.15, -0.1) is 11.3 Å². The molecular weight excluding hydrogens is 492 g/mol. The molecule has 0 saturated carbocycles. The second-order valence-corrected chi connectivity index (χ2v) is 11.0. The molecule has 1 fully saturated rings. The largest absolute Gasteiger partial charge is 0.389 e. The highest BCUT2D eigenvalue weighted by atomic mass is 32.1. The van der Waals surface area contributed by atoms with Crippen molar-refractivity contribution in [1.82, 2.24) is 19.7 Å². The molecule has 4 aromatic rings. The Morgan fingerprint density at radius 3 is 2.76 bits per heavy atom. The monoisotopic (exact) mass is 522 g/mol. The van der Waals surface area contributed by atoms with E-state index in [4.69, 9.17) is 4.74 Å². The standard InChI is InChI=1S/C26H30N6O4S/c1-26(2,35)15-32-20-5-4-18(31(3)24(34)16-8-10-36-11-9-16)12-19(20)29-25(32)30-23(33)22-7-6-21(37-22)17-13-27-28-14-17/h4-7,12-14,16,35H,8-11,15H2,1-3H3,(H,27,28)(H,29,30,33). The van der Waals surface area contributed by atoms with Crippen LogP contribution in [-0.4, -0.2) is 62.5 Å². The van der Waals surface area contributed by atoms with Gasteiger partial charge in [0.2, 0.25) is 11.9 Å². The van der Waals surface area contributed by atoms with E-state index in [2.05, 4.69) is 20.5 Å². The van der Waals surface area contributed by atoms with Gasteiger partial charge in [0, 0.05) is 48.5 Å². The van der Waals surface area contributed by atoms with E-state index in [1.165, 1.54) is 11.3 Å². The third-order valence-corrected chi connectivity index (χ3v) is 7.54. The second-order valence-electron chi connectivity index (χ2n) is 9.90. The van der Waals surface area contributed by atoms with Crippen LogP contribution in [0.15, 0.2) is 42.7 Å². The van der Waals surface area contributed by atoms with Crippen LogP contribution in [0.1, 0.15) is 36.4 Å². The summed E-state index contributed by atoms with van der Waals surface area (Å²) >= 11 is 1.36. The minimum absolute atomic E-state index is 0.0539. The van der Waals surface area contributed by atoms with Gasteiger partial charge in [-0.1, -0.05) is 0 Å². The fourth-order valence-electron chi connectivity index (χ4n) is 4.48. The minimum Gasteiger partial charge on any atom is -0.389 e. The van der Waals surface area contributed by atoms with Crippen molar-refractivity contribution in [3.63, 3.8) is 0 Å². The molecule has 4 heterocycles. The SMILES string of the molecule is CN(C(=O)C1CCOCC1)c1ccc2c(c1)nc(NC(=O)c1ccc(-c3cn[nH]c3)s1)n2CC(C)(C)O. The van der Waals surface area contributed by atoms with Crippen molar-refractivity contribution in [2.45, 2.75) is 38.8 Å². The Hall–Kier alpha value is -3.54. The summed E-state index contributed by atoms with van der Waals surface area (Å²) in [6, 6.07) is 9.21. The Morgan fingerprint density at radius 2 is 2.05 bits per heavy atom. The Balaban J connectivity index is 1.43. The molecule has 10 nitrogen and oxygen atoms in total. The first-order valence-electron chi connectivity index (χ1n) is 12.2. The average Bonchev–Trinajstić information content (AvgIpc) is 3.63. The molecule has 1 aromatic carbocycles. The summed E-state index contributed by atoms with van der Waals surface area (Å²) in [5.74, 6) is 0.0306. The first kappa shape index (κ1) is 25.1. The number of aliphatic hydroxyl groups is 1. The number of aromatic nitrogens is 4. The van der Waals surface area contributed by atoms with Crippen molar-refractivity contribution in [2.75, 3.05) is 30.5 Å². The molecule has 3 aromatic heterocycles. The first-order chi connectivity index (χ1) is 17.7. The van der Waals surface area contributed by atoms with E-state index < -0.39 is 5.60 Å². The smallest absolute Gasteiger partial charge is 0.268 e. The zero-order chi connectivity index (χ0) is 26.2. The number of amides is 2. The quantitative estimate of drug-likeness (QED) is 0.338. The molecule has 0 radical (unpaired) electrons. The maximum atomic E-state index is 13.1. The highest BCUT2D eigenvalue weighted by Crippen LogP contribution is 2.30. The fraction of sp³-hybridized carbons (Fsp3) is 0.385. The van der Waals surface area contributed by atoms with Gasteiger partial charge < -0.3 is 19.3 Å². The van der Waals surface area contributed by atoms with E-state index in [-0.39, 0.29) is 24.3 Å². The number of rotatable bonds is 7. The van der Waals surface area contributed by atoms with Crippen LogP contribution in [0.4, 0.5) is 11.6 Å². The van der Waals surface area contributed by atoms with Crippen LogP contribution in [0.25, 0.3) is 21.5 Å². The van der Waals surface area contributed by atoms with Crippen molar-refractivity contribution >= 4 is 45.8 Å². The zero-order valence-corrected chi connectivity index (χ0v) is 21.8. The van der Waals surface area contributed by atoms with Gasteiger partial charge >= 0.3 is 0 Å². The molecule has 1 saturated heterocycles. The zero-order valence-electron chi connectivity index (χ0n) is 21.0. The van der Waals surface area contributed by atoms with E-state index in [0.29, 0.717) is 42.4 Å². The van der Waals surface area contributed by atoms with E-state index in [1.807, 2.05) is 24.3 Å². The molecule has 1 aliphatic rings. The lowest BCUT2D eigenvalue weighted by atomic mass is 9.98. The maximum Gasteiger partial charge on any atom is 0.268 e. The maximum absolute atomic E-state index is 13.1. The summed E-state index contributed by atoms with van der Waals surface area (Å²) in [4.78, 5) is 34.0. The molecular formula is C26H30N6O4S. The van der Waals surface area contributed by atoms with Gasteiger partial charge in [-0.2, -0.15) is 5.10 Å². The lowest BCUT2D eigenvalue weighted by Crippen LogP contribution is -2.35. The van der Waals surface area contributed by atoms with Gasteiger partial charge in [-0.25, -0.2) is 4.98 Å². The van der Waals surface area contributed by atoms with E-state index in [1.54, 1.807) is 48.8 Å². The average molecular weight is 523 g/mol. The number of aromatic amines is 1. The molecule has 5 rings (SSSR count). The van der Waals surface area contributed by atoms with Crippen LogP contribution >= 0.6 is 11.3 Å². The molecule has 0 atom stereocenters. The van der Waals surface area contributed by atoms with Gasteiger partial charge in [0.05, 0.1) is 34.3 Å². The predicted octanol–water partition coefficient (Wildman–Crippen LogP) is 3.90. The summed E-state index contributed by atoms with van der Waals surface area (Å²) in [5.41, 5.74) is 1.95. The number of fused-ring (bicyclic) bond motifs is 1. The van der Waals surface area contributed by atoms with Gasteiger partial charge in [0.1, 0.15) is 0 Å². The van der Waals surface area contributed by atoms with Gasteiger partial charge in [-0.3, -0.25) is 20.0 Å². The summed E-state index contributed by atoms with van der Waals surface area (Å²) in [7, 11) is 1.77. The number of anilines is 2. The second kappa shape index (κ2) is 10.1. The number of benzene rings is 1. The van der Waals surface area contributed by atoms with Crippen molar-refractivity contribution in [3.05, 3.63) is 47.6 Å². The van der Waals surface area contributed by atoms with Gasteiger partial charge in [-0.05, 0) is 57.0 Å². The number of thiophene rings is 1. The van der Waals surface area contributed by atoms with Crippen LogP contribution in [-0.2, 0) is 16.1 Å². The molecule has 0 unspecified atom stereocenters. The third-order valence-electron chi connectivity index (χ3n) is 6.40. The molecule has 1 aliphatic heterocycles. The number of nitrogens with one attached hydrogen (secondary N) is 2. The molecule has 0 bridgehead atoms. The number of hydrogen-bond donors (Lipinski definition) is 3. The number of H-pyrrole nitrogens is 1. The molecule has 0 spiro atoms. The summed E-state index contributed by atoms with van der Waals surface area (Å²) in [6.45, 7) is 4.83. The Labute approximate surface area is 218 Å². The molecule has 11 heteroatoms. The topological polar surface area (TPSA) is 125 Å². The van der Waals surface area contributed by atoms with Crippen LogP contribution in [0.2, 0.25) is 0 Å². The van der Waals surface area contributed by atoms with E-state index in [9.17, 15) is 14.7 Å². The normalized spacial score (nSPS) is 14.7. The Bertz CT molecular complexity index is 1410. The van der Waals surface area contributed by atoms with Crippen molar-refractivity contribution in [2.24, 2.45) is 5.92 Å². The number of carbonyl (C=O) groups is 2. The van der Waals surface area contributed by atoms with E-state index in [0.717, 1.165) is 21.6 Å². The molecule has 2 amide bonds. The molecule has 0 aliphatic carbocycles. The Morgan fingerprint density at radius 1 is 1.27 bits per heavy atom. The third kappa shape index (κ3) is 5.43. The highest BCUT2D eigenvalue weighted by molar-refractivity contribution is 7.17. The number of hydrogen-bond acceptors (Lipinski definition) is 7. The first-order valence-corrected chi connectivity index (χ1v) is 13.0. The molecule has 194 valence electrons. The summed E-state index contributed by atoms with van der Waals surface area (Å²) in [6.07, 6.45) is 4.91. The number of nitrogens with zero attached hydrogens (tertiary/aromatic N) is 4. The van der Waals surface area contributed by atoms with Crippen LogP contribution in [0.3, 0.4) is 0 Å². The summed E-state index contributed by atoms with van der Waals surface area (Å²) in [5, 5.41) is 20.2. The Kier molecular flexibility index (Phi) is 6.84. The van der Waals surface area contributed by atoms with E-state index >= 15 is 0 Å². The van der Waals surface area contributed by atoms with Gasteiger partial charge in [0.25, 0.3) is 5.91 Å². The predicted molar refractivity (Wildman–Crippen MR) is 143 cm³/mol. The van der Waals surface area contributed by atoms with Crippen molar-refractivity contribution < 1.29 is 19.4 Å². The van der Waals surface area contributed by atoms with Gasteiger partial charge in [0.15, 0.2) is 0 Å². The van der Waals surface area contributed by atoms with Crippen LogP contribution in [0, 0.1) is 5.92 Å². The number of ether oxygens (including phenoxy) is 1.